The quantitative estimate of drug-likeness (QED) is 0.483. The van der Waals surface area contributed by atoms with E-state index < -0.39 is 5.82 Å². The summed E-state index contributed by atoms with van der Waals surface area (Å²) in [5, 5.41) is 8.68. The van der Waals surface area contributed by atoms with Crippen molar-refractivity contribution in [1.29, 1.82) is 0 Å². The van der Waals surface area contributed by atoms with Crippen molar-refractivity contribution in [1.82, 2.24) is 14.9 Å². The molecule has 9 nitrogen and oxygen atoms in total. The predicted molar refractivity (Wildman–Crippen MR) is 122 cm³/mol. The number of anilines is 2. The molecule has 2 aliphatic carbocycles. The second kappa shape index (κ2) is 9.48. The molecular formula is C23H31FN7O2+. The molecule has 3 heterocycles. The van der Waals surface area contributed by atoms with Crippen molar-refractivity contribution < 1.29 is 18.9 Å². The first-order valence-corrected chi connectivity index (χ1v) is 11.7. The molecule has 0 radical (unpaired) electrons. The van der Waals surface area contributed by atoms with Crippen molar-refractivity contribution in [3.05, 3.63) is 41.2 Å². The highest BCUT2D eigenvalue weighted by Crippen LogP contribution is 2.29. The van der Waals surface area contributed by atoms with E-state index in [1.807, 2.05) is 12.2 Å². The van der Waals surface area contributed by atoms with Crippen LogP contribution in [0.1, 0.15) is 36.3 Å². The number of hydrogen-bond donors (Lipinski definition) is 4. The minimum absolute atomic E-state index is 0.0318. The monoisotopic (exact) mass is 456 g/mol. The first kappa shape index (κ1) is 21.8. The maximum absolute atomic E-state index is 14.4. The Kier molecular flexibility index (Phi) is 6.28. The number of halogens is 1. The van der Waals surface area contributed by atoms with Crippen LogP contribution in [0.15, 0.2) is 22.8 Å². The fourth-order valence-corrected chi connectivity index (χ4v) is 5.02. The summed E-state index contributed by atoms with van der Waals surface area (Å²) in [6.45, 7) is 5.24. The third-order valence-electron chi connectivity index (χ3n) is 6.75. The highest BCUT2D eigenvalue weighted by Gasteiger charge is 2.32. The first-order chi connectivity index (χ1) is 16.0. The van der Waals surface area contributed by atoms with Crippen LogP contribution < -0.4 is 21.7 Å². The van der Waals surface area contributed by atoms with Crippen LogP contribution in [-0.4, -0.2) is 59.0 Å². The van der Waals surface area contributed by atoms with Gasteiger partial charge in [0.2, 0.25) is 11.9 Å². The second-order valence-electron chi connectivity index (χ2n) is 9.14. The Balaban J connectivity index is 1.22. The standard InChI is InChI=1S/C23H30FN7O2/c24-18-12-27-23(30-22(18)29-19-3-1-2-17(19)21(25)32)28-15-4-5-20-14(10-15)11-16(33-20)13-31-8-6-26-7-9-31/h4-5,11-12,15,17,19,26H,1-3,6-10,13H2,(H2,25,32)(H2,27,28,29,30)/p+1/t15?,17-,19?/m0/s1. The van der Waals surface area contributed by atoms with E-state index in [-0.39, 0.29) is 29.7 Å². The third kappa shape index (κ3) is 5.01. The molecule has 0 aromatic carbocycles. The Morgan fingerprint density at radius 3 is 2.97 bits per heavy atom. The van der Waals surface area contributed by atoms with Crippen LogP contribution in [0.2, 0.25) is 0 Å². The first-order valence-electron chi connectivity index (χ1n) is 11.7. The number of carbonyl (C=O) groups is 1. The Bertz CT molecular complexity index is 1030. The van der Waals surface area contributed by atoms with Crippen LogP contribution in [0, 0.1) is 11.7 Å². The smallest absolute Gasteiger partial charge is 0.225 e. The van der Waals surface area contributed by atoms with Gasteiger partial charge in [-0.2, -0.15) is 4.98 Å². The van der Waals surface area contributed by atoms with Gasteiger partial charge in [-0.3, -0.25) is 9.69 Å². The Morgan fingerprint density at radius 1 is 1.30 bits per heavy atom. The molecule has 2 unspecified atom stereocenters. The summed E-state index contributed by atoms with van der Waals surface area (Å²) in [6, 6.07) is 1.89. The van der Waals surface area contributed by atoms with Crippen LogP contribution in [0.5, 0.6) is 0 Å². The van der Waals surface area contributed by atoms with Gasteiger partial charge in [-0.1, -0.05) is 12.5 Å². The van der Waals surface area contributed by atoms with Crippen molar-refractivity contribution in [3.8, 4) is 0 Å². The van der Waals surface area contributed by atoms with Crippen LogP contribution in [0.3, 0.4) is 0 Å². The van der Waals surface area contributed by atoms with Crippen LogP contribution in [-0.2, 0) is 17.8 Å². The summed E-state index contributed by atoms with van der Waals surface area (Å²) in [7, 11) is 0. The van der Waals surface area contributed by atoms with E-state index in [1.54, 1.807) is 0 Å². The van der Waals surface area contributed by atoms with Gasteiger partial charge >= 0.3 is 0 Å². The third-order valence-corrected chi connectivity index (χ3v) is 6.75. The normalized spacial score (nSPS) is 25.1. The molecule has 6 N–H and O–H groups in total. The number of piperazine rings is 1. The molecule has 2 aromatic heterocycles. The Labute approximate surface area is 192 Å². The topological polar surface area (TPSA) is 126 Å². The van der Waals surface area contributed by atoms with Gasteiger partial charge < -0.3 is 26.1 Å². The fourth-order valence-electron chi connectivity index (χ4n) is 5.02. The van der Waals surface area contributed by atoms with E-state index in [2.05, 4.69) is 36.9 Å². The van der Waals surface area contributed by atoms with Crippen molar-refractivity contribution in [2.75, 3.05) is 36.8 Å². The summed E-state index contributed by atoms with van der Waals surface area (Å²) < 4.78 is 20.4. The lowest BCUT2D eigenvalue weighted by molar-refractivity contribution is -0.663. The maximum Gasteiger partial charge on any atom is 0.225 e. The minimum atomic E-state index is -0.549. The molecule has 2 aromatic rings. The summed E-state index contributed by atoms with van der Waals surface area (Å²) in [5.41, 5.74) is 6.63. The molecule has 33 heavy (non-hydrogen) atoms. The molecule has 176 valence electrons. The number of hydrogen-bond acceptors (Lipinski definition) is 7. The van der Waals surface area contributed by atoms with Crippen molar-refractivity contribution >= 4 is 23.7 Å². The lowest BCUT2D eigenvalue weighted by Crippen LogP contribution is -2.89. The Morgan fingerprint density at radius 2 is 2.15 bits per heavy atom. The van der Waals surface area contributed by atoms with E-state index >= 15 is 0 Å². The summed E-state index contributed by atoms with van der Waals surface area (Å²) in [4.78, 5) is 22.5. The number of aromatic nitrogens is 2. The van der Waals surface area contributed by atoms with Crippen molar-refractivity contribution in [2.24, 2.45) is 11.7 Å². The number of amides is 1. The van der Waals surface area contributed by atoms with Gasteiger partial charge in [-0.25, -0.2) is 9.37 Å². The molecule has 1 saturated carbocycles. The second-order valence-corrected chi connectivity index (χ2v) is 9.14. The number of quaternary nitrogens is 1. The zero-order valence-electron chi connectivity index (χ0n) is 18.6. The molecule has 1 amide bonds. The molecule has 0 bridgehead atoms. The molecule has 2 fully saturated rings. The van der Waals surface area contributed by atoms with E-state index in [1.165, 1.54) is 0 Å². The zero-order chi connectivity index (χ0) is 22.8. The zero-order valence-corrected chi connectivity index (χ0v) is 18.6. The number of carbonyl (C=O) groups excluding carboxylic acids is 1. The largest absolute Gasteiger partial charge is 0.460 e. The minimum Gasteiger partial charge on any atom is -0.460 e. The molecule has 1 aliphatic heterocycles. The van der Waals surface area contributed by atoms with Gasteiger partial charge in [0.05, 0.1) is 37.8 Å². The van der Waals surface area contributed by atoms with Crippen LogP contribution in [0.25, 0.3) is 6.08 Å². The Hall–Kier alpha value is -2.98. The number of furan rings is 1. The van der Waals surface area contributed by atoms with Gasteiger partial charge in [0.25, 0.3) is 0 Å². The summed E-state index contributed by atoms with van der Waals surface area (Å²) >= 11 is 0. The van der Waals surface area contributed by atoms with E-state index in [0.717, 1.165) is 75.3 Å². The number of rotatable bonds is 7. The van der Waals surface area contributed by atoms with E-state index in [4.69, 9.17) is 10.2 Å². The van der Waals surface area contributed by atoms with Crippen LogP contribution >= 0.6 is 0 Å². The van der Waals surface area contributed by atoms with E-state index in [0.29, 0.717) is 12.4 Å². The fraction of sp³-hybridized carbons (Fsp3) is 0.522. The number of fused-ring (bicyclic) bond motifs is 1. The molecule has 1 saturated heterocycles. The molecule has 3 aliphatic rings. The number of primary amides is 1. The summed E-state index contributed by atoms with van der Waals surface area (Å²) in [5.74, 6) is 1.08. The number of nitrogens with one attached hydrogen (secondary N) is 2. The average molecular weight is 457 g/mol. The van der Waals surface area contributed by atoms with E-state index in [9.17, 15) is 9.18 Å². The highest BCUT2D eigenvalue weighted by molar-refractivity contribution is 5.78. The molecular weight excluding hydrogens is 425 g/mol. The predicted octanol–water partition coefficient (Wildman–Crippen LogP) is 0.704. The molecule has 10 heteroatoms. The van der Waals surface area contributed by atoms with Gasteiger partial charge in [0, 0.05) is 31.1 Å². The van der Waals surface area contributed by atoms with Gasteiger partial charge in [0.15, 0.2) is 11.6 Å². The molecule has 0 spiro atoms. The number of nitrogens with two attached hydrogens (primary N) is 2. The lowest BCUT2D eigenvalue weighted by Gasteiger charge is -2.23. The average Bonchev–Trinajstić information content (AvgIpc) is 3.43. The van der Waals surface area contributed by atoms with Crippen molar-refractivity contribution in [2.45, 2.75) is 44.3 Å². The molecule has 3 atom stereocenters. The maximum atomic E-state index is 14.4. The van der Waals surface area contributed by atoms with Gasteiger partial charge in [0.1, 0.15) is 11.5 Å². The highest BCUT2D eigenvalue weighted by atomic mass is 19.1. The number of nitrogens with zero attached hydrogens (tertiary/aromatic N) is 3. The molecule has 5 rings (SSSR count). The van der Waals surface area contributed by atoms with Gasteiger partial charge in [-0.05, 0) is 25.0 Å². The SMILES string of the molecule is NC(=O)[C@H]1CCCC1Nc1nc(NC2C=Cc3oc(CN4CC[NH2+]CC4)cc3C2)ncc1F. The van der Waals surface area contributed by atoms with Gasteiger partial charge in [-0.15, -0.1) is 0 Å². The van der Waals surface area contributed by atoms with Crippen molar-refractivity contribution in [3.63, 3.8) is 0 Å². The lowest BCUT2D eigenvalue weighted by atomic mass is 10.0. The van der Waals surface area contributed by atoms with Crippen LogP contribution in [0.4, 0.5) is 16.2 Å². The summed E-state index contributed by atoms with van der Waals surface area (Å²) in [6.07, 6.45) is 8.22.